The largest absolute Gasteiger partial charge is 0.439 e. The second kappa shape index (κ2) is 8.19. The van der Waals surface area contributed by atoms with Gasteiger partial charge in [-0.3, -0.25) is 10.1 Å². The molecular formula is C23H13N5O3. The summed E-state index contributed by atoms with van der Waals surface area (Å²) in [6, 6.07) is 24.0. The van der Waals surface area contributed by atoms with Gasteiger partial charge >= 0.3 is 5.69 Å². The van der Waals surface area contributed by atoms with E-state index in [1.54, 1.807) is 48.5 Å². The third-order valence-electron chi connectivity index (χ3n) is 4.49. The highest BCUT2D eigenvalue weighted by Crippen LogP contribution is 2.31. The molecule has 0 fully saturated rings. The van der Waals surface area contributed by atoms with Crippen molar-refractivity contribution >= 4 is 28.0 Å². The molecule has 0 unspecified atom stereocenters. The van der Waals surface area contributed by atoms with Crippen molar-refractivity contribution in [2.45, 2.75) is 0 Å². The summed E-state index contributed by atoms with van der Waals surface area (Å²) in [7, 11) is 0. The first-order valence-corrected chi connectivity index (χ1v) is 9.10. The van der Waals surface area contributed by atoms with Crippen molar-refractivity contribution in [3.8, 4) is 23.8 Å². The molecule has 4 rings (SSSR count). The first kappa shape index (κ1) is 19.4. The normalized spacial score (nSPS) is 10.1. The number of nitriles is 2. The summed E-state index contributed by atoms with van der Waals surface area (Å²) in [4.78, 5) is 15.1. The minimum Gasteiger partial charge on any atom is -0.439 e. The molecule has 0 aliphatic carbocycles. The van der Waals surface area contributed by atoms with E-state index in [1.165, 1.54) is 12.1 Å². The van der Waals surface area contributed by atoms with Gasteiger partial charge in [0.1, 0.15) is 5.75 Å². The van der Waals surface area contributed by atoms with Crippen molar-refractivity contribution in [3.05, 3.63) is 94.0 Å². The number of nitrogens with one attached hydrogen (secondary N) is 1. The maximum absolute atomic E-state index is 11.4. The minimum atomic E-state index is -0.536. The summed E-state index contributed by atoms with van der Waals surface area (Å²) in [5.74, 6) is 0.698. The molecule has 0 radical (unpaired) electrons. The third-order valence-corrected chi connectivity index (χ3v) is 4.49. The molecule has 1 heterocycles. The van der Waals surface area contributed by atoms with Crippen molar-refractivity contribution in [2.24, 2.45) is 0 Å². The van der Waals surface area contributed by atoms with Crippen LogP contribution in [0.4, 0.5) is 17.2 Å². The van der Waals surface area contributed by atoms with E-state index in [1.807, 2.05) is 18.2 Å². The minimum absolute atomic E-state index is 0.0201. The summed E-state index contributed by atoms with van der Waals surface area (Å²) in [6.45, 7) is 0. The number of fused-ring (bicyclic) bond motifs is 1. The van der Waals surface area contributed by atoms with Crippen LogP contribution in [0.1, 0.15) is 11.1 Å². The average molecular weight is 407 g/mol. The second-order valence-electron chi connectivity index (χ2n) is 6.53. The van der Waals surface area contributed by atoms with Gasteiger partial charge in [0.25, 0.3) is 0 Å². The number of aromatic nitrogens is 1. The topological polar surface area (TPSA) is 125 Å². The highest BCUT2D eigenvalue weighted by Gasteiger charge is 2.17. The summed E-state index contributed by atoms with van der Waals surface area (Å²) in [5.41, 5.74) is 1.38. The summed E-state index contributed by atoms with van der Waals surface area (Å²) >= 11 is 0. The molecule has 0 spiro atoms. The molecule has 0 bridgehead atoms. The van der Waals surface area contributed by atoms with Crippen LogP contribution in [0.3, 0.4) is 0 Å². The fourth-order valence-corrected chi connectivity index (χ4v) is 2.97. The molecule has 0 aliphatic heterocycles. The zero-order valence-corrected chi connectivity index (χ0v) is 15.9. The van der Waals surface area contributed by atoms with Gasteiger partial charge in [-0.25, -0.2) is 0 Å². The van der Waals surface area contributed by atoms with Crippen LogP contribution >= 0.6 is 0 Å². The predicted molar refractivity (Wildman–Crippen MR) is 114 cm³/mol. The molecule has 148 valence electrons. The van der Waals surface area contributed by atoms with Crippen LogP contribution in [0, 0.1) is 32.8 Å². The molecule has 4 aromatic rings. The molecule has 0 aliphatic rings. The van der Waals surface area contributed by atoms with Crippen LogP contribution in [0.25, 0.3) is 10.8 Å². The van der Waals surface area contributed by atoms with Crippen molar-refractivity contribution < 1.29 is 9.66 Å². The van der Waals surface area contributed by atoms with Gasteiger partial charge < -0.3 is 10.1 Å². The molecule has 1 aromatic heterocycles. The van der Waals surface area contributed by atoms with E-state index in [0.29, 0.717) is 22.6 Å². The number of nitrogens with zero attached hydrogens (tertiary/aromatic N) is 4. The predicted octanol–water partition coefficient (Wildman–Crippen LogP) is 5.42. The monoisotopic (exact) mass is 407 g/mol. The Labute approximate surface area is 176 Å². The number of ether oxygens (including phenoxy) is 1. The zero-order valence-electron chi connectivity index (χ0n) is 15.9. The van der Waals surface area contributed by atoms with Gasteiger partial charge in [-0.2, -0.15) is 15.5 Å². The van der Waals surface area contributed by atoms with Crippen LogP contribution in [0.2, 0.25) is 0 Å². The Morgan fingerprint density at radius 3 is 2.26 bits per heavy atom. The van der Waals surface area contributed by atoms with Gasteiger partial charge in [0.2, 0.25) is 11.7 Å². The lowest BCUT2D eigenvalue weighted by Crippen LogP contribution is -2.01. The van der Waals surface area contributed by atoms with Crippen LogP contribution in [-0.2, 0) is 0 Å². The Kier molecular flexibility index (Phi) is 5.12. The Morgan fingerprint density at radius 2 is 1.55 bits per heavy atom. The second-order valence-corrected chi connectivity index (χ2v) is 6.53. The van der Waals surface area contributed by atoms with Gasteiger partial charge in [0.15, 0.2) is 0 Å². The number of pyridine rings is 1. The fourth-order valence-electron chi connectivity index (χ4n) is 2.97. The molecule has 1 N–H and O–H groups in total. The van der Waals surface area contributed by atoms with Crippen molar-refractivity contribution in [3.63, 3.8) is 0 Å². The number of hydrogen-bond donors (Lipinski definition) is 1. The van der Waals surface area contributed by atoms with Crippen LogP contribution < -0.4 is 10.1 Å². The number of hydrogen-bond acceptors (Lipinski definition) is 7. The van der Waals surface area contributed by atoms with Crippen LogP contribution in [0.15, 0.2) is 72.8 Å². The standard InChI is InChI=1S/C23H13N5O3/c24-13-15-2-6-19(7-3-15)26-23-21(28(29)30)9-10-22(27-23)31-20-8-5-17-11-16(14-25)1-4-18(17)12-20/h1-12H,(H,26,27). The highest BCUT2D eigenvalue weighted by molar-refractivity contribution is 5.85. The van der Waals surface area contributed by atoms with Gasteiger partial charge in [-0.05, 0) is 59.3 Å². The molecule has 8 heteroatoms. The Hall–Kier alpha value is -4.95. The summed E-state index contributed by atoms with van der Waals surface area (Å²) < 4.78 is 5.81. The Balaban J connectivity index is 1.63. The van der Waals surface area contributed by atoms with Gasteiger partial charge in [0, 0.05) is 17.8 Å². The van der Waals surface area contributed by atoms with Crippen molar-refractivity contribution in [1.82, 2.24) is 4.98 Å². The molecule has 0 saturated heterocycles. The fraction of sp³-hybridized carbons (Fsp3) is 0. The smallest absolute Gasteiger partial charge is 0.311 e. The van der Waals surface area contributed by atoms with Gasteiger partial charge in [-0.15, -0.1) is 0 Å². The third kappa shape index (κ3) is 4.24. The molecule has 31 heavy (non-hydrogen) atoms. The molecule has 0 amide bonds. The Bertz CT molecular complexity index is 1390. The SMILES string of the molecule is N#Cc1ccc(Nc2nc(Oc3ccc4cc(C#N)ccc4c3)ccc2[N+](=O)[O-])cc1. The van der Waals surface area contributed by atoms with Crippen LogP contribution in [0.5, 0.6) is 11.6 Å². The molecule has 0 saturated carbocycles. The number of rotatable bonds is 5. The molecule has 8 nitrogen and oxygen atoms in total. The molecule has 0 atom stereocenters. The molecular weight excluding hydrogens is 394 g/mol. The van der Waals surface area contributed by atoms with E-state index < -0.39 is 4.92 Å². The Morgan fingerprint density at radius 1 is 0.871 bits per heavy atom. The van der Waals surface area contributed by atoms with Crippen LogP contribution in [-0.4, -0.2) is 9.91 Å². The summed E-state index contributed by atoms with van der Waals surface area (Å²) in [6.07, 6.45) is 0. The highest BCUT2D eigenvalue weighted by atomic mass is 16.6. The van der Waals surface area contributed by atoms with E-state index in [4.69, 9.17) is 15.3 Å². The molecule has 3 aromatic carbocycles. The number of anilines is 2. The van der Waals surface area contributed by atoms with Crippen molar-refractivity contribution in [1.29, 1.82) is 10.5 Å². The lowest BCUT2D eigenvalue weighted by atomic mass is 10.1. The maximum Gasteiger partial charge on any atom is 0.311 e. The number of nitro groups is 1. The van der Waals surface area contributed by atoms with Gasteiger partial charge in [0.05, 0.1) is 28.2 Å². The first-order chi connectivity index (χ1) is 15.1. The van der Waals surface area contributed by atoms with E-state index >= 15 is 0 Å². The quantitative estimate of drug-likeness (QED) is 0.346. The lowest BCUT2D eigenvalue weighted by Gasteiger charge is -2.10. The lowest BCUT2D eigenvalue weighted by molar-refractivity contribution is -0.384. The maximum atomic E-state index is 11.4. The van der Waals surface area contributed by atoms with E-state index in [2.05, 4.69) is 16.4 Å². The average Bonchev–Trinajstić information content (AvgIpc) is 2.79. The van der Waals surface area contributed by atoms with E-state index in [9.17, 15) is 10.1 Å². The first-order valence-electron chi connectivity index (χ1n) is 9.10. The zero-order chi connectivity index (χ0) is 21.8. The van der Waals surface area contributed by atoms with Gasteiger partial charge in [-0.1, -0.05) is 12.1 Å². The van der Waals surface area contributed by atoms with E-state index in [-0.39, 0.29) is 17.4 Å². The number of benzene rings is 3. The van der Waals surface area contributed by atoms with E-state index in [0.717, 1.165) is 10.8 Å². The van der Waals surface area contributed by atoms with Crippen molar-refractivity contribution in [2.75, 3.05) is 5.32 Å². The summed E-state index contributed by atoms with van der Waals surface area (Å²) in [5, 5.41) is 34.0.